The number of aromatic nitrogens is 2. The number of rotatable bonds is 5. The largest absolute Gasteiger partial charge is 0.316 e. The minimum atomic E-state index is 0.871. The Balaban J connectivity index is 2.60. The molecule has 0 saturated heterocycles. The summed E-state index contributed by atoms with van der Waals surface area (Å²) in [5.41, 5.74) is 3.54. The van der Waals surface area contributed by atoms with Crippen LogP contribution in [0.1, 0.15) is 36.1 Å². The second-order valence-corrected chi connectivity index (χ2v) is 3.92. The van der Waals surface area contributed by atoms with E-state index in [4.69, 9.17) is 0 Å². The Morgan fingerprint density at radius 1 is 1.00 bits per heavy atom. The van der Waals surface area contributed by atoms with E-state index in [0.29, 0.717) is 0 Å². The molecule has 1 N–H and O–H groups in total. The maximum Gasteiger partial charge on any atom is 0.125 e. The van der Waals surface area contributed by atoms with Gasteiger partial charge in [0.05, 0.1) is 0 Å². The van der Waals surface area contributed by atoms with Crippen molar-refractivity contribution >= 4 is 0 Å². The van der Waals surface area contributed by atoms with Gasteiger partial charge in [-0.3, -0.25) is 0 Å². The van der Waals surface area contributed by atoms with Crippen molar-refractivity contribution < 1.29 is 0 Å². The highest BCUT2D eigenvalue weighted by Crippen LogP contribution is 2.10. The van der Waals surface area contributed by atoms with Gasteiger partial charge in [-0.1, -0.05) is 6.92 Å². The van der Waals surface area contributed by atoms with Crippen LogP contribution < -0.4 is 5.32 Å². The van der Waals surface area contributed by atoms with Gasteiger partial charge in [-0.25, -0.2) is 9.97 Å². The topological polar surface area (TPSA) is 37.8 Å². The summed E-state index contributed by atoms with van der Waals surface area (Å²) in [5, 5.41) is 3.40. The highest BCUT2D eigenvalue weighted by atomic mass is 14.9. The van der Waals surface area contributed by atoms with Crippen molar-refractivity contribution in [2.75, 3.05) is 13.1 Å². The number of hydrogen-bond donors (Lipinski definition) is 1. The van der Waals surface area contributed by atoms with E-state index in [1.165, 1.54) is 12.0 Å². The summed E-state index contributed by atoms with van der Waals surface area (Å²) in [7, 11) is 0. The van der Waals surface area contributed by atoms with Crippen molar-refractivity contribution in [2.24, 2.45) is 0 Å². The Morgan fingerprint density at radius 3 is 2.13 bits per heavy atom. The molecule has 1 rings (SSSR count). The predicted molar refractivity (Wildman–Crippen MR) is 63.1 cm³/mol. The molecule has 1 aromatic heterocycles. The molecule has 0 fully saturated rings. The monoisotopic (exact) mass is 207 g/mol. The van der Waals surface area contributed by atoms with Gasteiger partial charge < -0.3 is 5.32 Å². The van der Waals surface area contributed by atoms with Crippen LogP contribution in [0, 0.1) is 20.8 Å². The van der Waals surface area contributed by atoms with Gasteiger partial charge in [0.25, 0.3) is 0 Å². The van der Waals surface area contributed by atoms with Crippen LogP contribution in [-0.2, 0) is 6.42 Å². The molecule has 0 aliphatic rings. The Hall–Kier alpha value is -0.960. The highest BCUT2D eigenvalue weighted by Gasteiger charge is 2.05. The van der Waals surface area contributed by atoms with Gasteiger partial charge in [-0.05, 0) is 52.3 Å². The van der Waals surface area contributed by atoms with Gasteiger partial charge in [-0.2, -0.15) is 0 Å². The normalized spacial score (nSPS) is 10.7. The number of nitrogens with zero attached hydrogens (tertiary/aromatic N) is 2. The first-order valence-electron chi connectivity index (χ1n) is 5.66. The van der Waals surface area contributed by atoms with Crippen molar-refractivity contribution in [3.63, 3.8) is 0 Å². The standard InChI is InChI=1S/C12H21N3/c1-5-7-13-8-6-12-9(2)14-11(4)15-10(12)3/h13H,5-8H2,1-4H3. The maximum atomic E-state index is 4.39. The van der Waals surface area contributed by atoms with E-state index < -0.39 is 0 Å². The Morgan fingerprint density at radius 2 is 1.60 bits per heavy atom. The summed E-state index contributed by atoms with van der Waals surface area (Å²) in [6.07, 6.45) is 2.21. The summed E-state index contributed by atoms with van der Waals surface area (Å²) >= 11 is 0. The van der Waals surface area contributed by atoms with Gasteiger partial charge in [0.1, 0.15) is 5.82 Å². The zero-order chi connectivity index (χ0) is 11.3. The van der Waals surface area contributed by atoms with Gasteiger partial charge in [0.2, 0.25) is 0 Å². The third-order valence-electron chi connectivity index (χ3n) is 2.51. The van der Waals surface area contributed by atoms with Crippen LogP contribution in [0.25, 0.3) is 0 Å². The van der Waals surface area contributed by atoms with E-state index in [9.17, 15) is 0 Å². The molecule has 15 heavy (non-hydrogen) atoms. The summed E-state index contributed by atoms with van der Waals surface area (Å²) in [6.45, 7) is 10.4. The zero-order valence-electron chi connectivity index (χ0n) is 10.2. The molecule has 0 atom stereocenters. The minimum Gasteiger partial charge on any atom is -0.316 e. The van der Waals surface area contributed by atoms with Crippen LogP contribution in [0.4, 0.5) is 0 Å². The van der Waals surface area contributed by atoms with Crippen molar-refractivity contribution in [2.45, 2.75) is 40.5 Å². The second-order valence-electron chi connectivity index (χ2n) is 3.92. The average Bonchev–Trinajstić information content (AvgIpc) is 2.15. The van der Waals surface area contributed by atoms with Gasteiger partial charge >= 0.3 is 0 Å². The molecule has 3 heteroatoms. The molecule has 84 valence electrons. The molecule has 0 aromatic carbocycles. The van der Waals surface area contributed by atoms with Crippen molar-refractivity contribution in [1.29, 1.82) is 0 Å². The third kappa shape index (κ3) is 3.59. The lowest BCUT2D eigenvalue weighted by molar-refractivity contribution is 0.665. The van der Waals surface area contributed by atoms with Crippen LogP contribution in [0.5, 0.6) is 0 Å². The lowest BCUT2D eigenvalue weighted by atomic mass is 10.1. The fourth-order valence-corrected chi connectivity index (χ4v) is 1.78. The lowest BCUT2D eigenvalue weighted by Gasteiger charge is -2.09. The molecule has 0 amide bonds. The van der Waals surface area contributed by atoms with E-state index in [-0.39, 0.29) is 0 Å². The van der Waals surface area contributed by atoms with E-state index >= 15 is 0 Å². The fraction of sp³-hybridized carbons (Fsp3) is 0.667. The van der Waals surface area contributed by atoms with E-state index in [1.807, 2.05) is 6.92 Å². The highest BCUT2D eigenvalue weighted by molar-refractivity contribution is 5.24. The molecule has 0 saturated carbocycles. The van der Waals surface area contributed by atoms with Crippen molar-refractivity contribution in [3.8, 4) is 0 Å². The molecule has 0 unspecified atom stereocenters. The lowest BCUT2D eigenvalue weighted by Crippen LogP contribution is -2.19. The van der Waals surface area contributed by atoms with Crippen LogP contribution in [0.2, 0.25) is 0 Å². The molecular weight excluding hydrogens is 186 g/mol. The SMILES string of the molecule is CCCNCCc1c(C)nc(C)nc1C. The molecular formula is C12H21N3. The summed E-state index contributed by atoms with van der Waals surface area (Å²) in [4.78, 5) is 8.79. The Labute approximate surface area is 92.3 Å². The summed E-state index contributed by atoms with van der Waals surface area (Å²) < 4.78 is 0. The first-order chi connectivity index (χ1) is 7.15. The smallest absolute Gasteiger partial charge is 0.125 e. The molecule has 0 aliphatic carbocycles. The van der Waals surface area contributed by atoms with E-state index in [1.54, 1.807) is 0 Å². The molecule has 0 spiro atoms. The van der Waals surface area contributed by atoms with Crippen molar-refractivity contribution in [3.05, 3.63) is 22.8 Å². The number of hydrogen-bond acceptors (Lipinski definition) is 3. The minimum absolute atomic E-state index is 0.871. The molecule has 0 bridgehead atoms. The Kier molecular flexibility index (Phi) is 4.69. The summed E-state index contributed by atoms with van der Waals surface area (Å²) in [6, 6.07) is 0. The van der Waals surface area contributed by atoms with E-state index in [0.717, 1.165) is 36.7 Å². The quantitative estimate of drug-likeness (QED) is 0.750. The third-order valence-corrected chi connectivity index (χ3v) is 2.51. The number of aryl methyl sites for hydroxylation is 3. The number of nitrogens with one attached hydrogen (secondary N) is 1. The first kappa shape index (κ1) is 12.1. The predicted octanol–water partition coefficient (Wildman–Crippen LogP) is 1.94. The zero-order valence-corrected chi connectivity index (χ0v) is 10.2. The second kappa shape index (κ2) is 5.81. The molecule has 1 heterocycles. The van der Waals surface area contributed by atoms with Gasteiger partial charge in [0.15, 0.2) is 0 Å². The molecule has 3 nitrogen and oxygen atoms in total. The van der Waals surface area contributed by atoms with Crippen LogP contribution in [0.15, 0.2) is 0 Å². The molecule has 0 radical (unpaired) electrons. The first-order valence-corrected chi connectivity index (χ1v) is 5.66. The average molecular weight is 207 g/mol. The summed E-state index contributed by atoms with van der Waals surface area (Å²) in [5.74, 6) is 0.871. The maximum absolute atomic E-state index is 4.39. The van der Waals surface area contributed by atoms with Gasteiger partial charge in [-0.15, -0.1) is 0 Å². The van der Waals surface area contributed by atoms with Crippen molar-refractivity contribution in [1.82, 2.24) is 15.3 Å². The Bertz CT molecular complexity index is 298. The molecule has 1 aromatic rings. The fourth-order valence-electron chi connectivity index (χ4n) is 1.78. The van der Waals surface area contributed by atoms with E-state index in [2.05, 4.69) is 36.1 Å². The van der Waals surface area contributed by atoms with Crippen LogP contribution in [0.3, 0.4) is 0 Å². The molecule has 0 aliphatic heterocycles. The van der Waals surface area contributed by atoms with Gasteiger partial charge in [0, 0.05) is 11.4 Å². The van der Waals surface area contributed by atoms with Crippen LogP contribution >= 0.6 is 0 Å². The van der Waals surface area contributed by atoms with Crippen LogP contribution in [-0.4, -0.2) is 23.1 Å².